The third kappa shape index (κ3) is 3.40. The highest BCUT2D eigenvalue weighted by Gasteiger charge is 2.19. The molecule has 0 spiro atoms. The maximum absolute atomic E-state index is 13.2. The van der Waals surface area contributed by atoms with Gasteiger partial charge in [0.2, 0.25) is 10.0 Å². The summed E-state index contributed by atoms with van der Waals surface area (Å²) in [4.78, 5) is 3.88. The van der Waals surface area contributed by atoms with Crippen LogP contribution in [0, 0.1) is 12.7 Å². The highest BCUT2D eigenvalue weighted by Crippen LogP contribution is 2.18. The van der Waals surface area contributed by atoms with Crippen LogP contribution in [0.4, 0.5) is 4.39 Å². The number of rotatable bonds is 5. The molecule has 0 saturated heterocycles. The summed E-state index contributed by atoms with van der Waals surface area (Å²) in [6.07, 6.45) is 0. The number of hydrogen-bond donors (Lipinski definition) is 2. The molecule has 0 aliphatic carbocycles. The lowest BCUT2D eigenvalue weighted by Crippen LogP contribution is -2.24. The number of nitrogens with one attached hydrogen (secondary N) is 1. The number of aliphatic hydroxyl groups is 1. The number of sulfonamides is 1. The molecule has 0 aliphatic rings. The predicted molar refractivity (Wildman–Crippen MR) is 73.2 cm³/mol. The number of thiazole rings is 1. The van der Waals surface area contributed by atoms with Crippen LogP contribution in [0.5, 0.6) is 0 Å². The van der Waals surface area contributed by atoms with E-state index < -0.39 is 22.4 Å². The van der Waals surface area contributed by atoms with Gasteiger partial charge in [0.05, 0.1) is 28.7 Å². The molecular formula is C12H13FN2O3S2. The van der Waals surface area contributed by atoms with Crippen LogP contribution in [0.25, 0.3) is 0 Å². The molecule has 0 amide bonds. The van der Waals surface area contributed by atoms with Gasteiger partial charge in [-0.05, 0) is 24.6 Å². The fourth-order valence-electron chi connectivity index (χ4n) is 1.65. The fourth-order valence-corrected chi connectivity index (χ4v) is 3.50. The molecule has 0 fully saturated rings. The van der Waals surface area contributed by atoms with Gasteiger partial charge in [0.25, 0.3) is 0 Å². The van der Waals surface area contributed by atoms with E-state index in [0.717, 1.165) is 17.1 Å². The highest BCUT2D eigenvalue weighted by molar-refractivity contribution is 7.89. The van der Waals surface area contributed by atoms with E-state index in [4.69, 9.17) is 5.11 Å². The van der Waals surface area contributed by atoms with Gasteiger partial charge in [0, 0.05) is 5.38 Å². The molecule has 20 heavy (non-hydrogen) atoms. The van der Waals surface area contributed by atoms with Gasteiger partial charge in [-0.25, -0.2) is 22.5 Å². The van der Waals surface area contributed by atoms with Crippen molar-refractivity contribution < 1.29 is 17.9 Å². The van der Waals surface area contributed by atoms with Gasteiger partial charge in [0.15, 0.2) is 0 Å². The molecule has 8 heteroatoms. The average Bonchev–Trinajstić information content (AvgIpc) is 2.82. The zero-order valence-corrected chi connectivity index (χ0v) is 12.3. The molecular weight excluding hydrogens is 303 g/mol. The molecule has 0 unspecified atom stereocenters. The summed E-state index contributed by atoms with van der Waals surface area (Å²) >= 11 is 1.41. The second-order valence-corrected chi connectivity index (χ2v) is 6.89. The lowest BCUT2D eigenvalue weighted by atomic mass is 10.2. The van der Waals surface area contributed by atoms with Crippen molar-refractivity contribution in [3.63, 3.8) is 0 Å². The van der Waals surface area contributed by atoms with Crippen molar-refractivity contribution in [3.05, 3.63) is 45.7 Å². The van der Waals surface area contributed by atoms with Gasteiger partial charge in [-0.15, -0.1) is 11.3 Å². The van der Waals surface area contributed by atoms with E-state index in [0.29, 0.717) is 5.69 Å². The minimum Gasteiger partial charge on any atom is -0.392 e. The van der Waals surface area contributed by atoms with E-state index in [-0.39, 0.29) is 17.0 Å². The summed E-state index contributed by atoms with van der Waals surface area (Å²) in [7, 11) is -3.90. The summed E-state index contributed by atoms with van der Waals surface area (Å²) in [5.74, 6) is -0.674. The summed E-state index contributed by atoms with van der Waals surface area (Å²) in [5.41, 5.74) is 0.742. The first-order valence-electron chi connectivity index (χ1n) is 5.72. The van der Waals surface area contributed by atoms with Crippen LogP contribution >= 0.6 is 11.3 Å². The number of aromatic nitrogens is 1. The van der Waals surface area contributed by atoms with Gasteiger partial charge in [-0.3, -0.25) is 0 Å². The number of hydrogen-bond acceptors (Lipinski definition) is 5. The topological polar surface area (TPSA) is 79.3 Å². The fraction of sp³-hybridized carbons (Fsp3) is 0.250. The van der Waals surface area contributed by atoms with Crippen LogP contribution in [0.15, 0.2) is 28.5 Å². The highest BCUT2D eigenvalue weighted by atomic mass is 32.2. The Hall–Kier alpha value is -1.35. The molecule has 0 aliphatic heterocycles. The first-order valence-corrected chi connectivity index (χ1v) is 8.08. The molecule has 0 atom stereocenters. The second kappa shape index (κ2) is 5.96. The first kappa shape index (κ1) is 15.0. The largest absolute Gasteiger partial charge is 0.392 e. The van der Waals surface area contributed by atoms with E-state index in [1.165, 1.54) is 17.4 Å². The van der Waals surface area contributed by atoms with E-state index in [1.54, 1.807) is 5.38 Å². The molecule has 0 radical (unpaired) electrons. The molecule has 0 bridgehead atoms. The summed E-state index contributed by atoms with van der Waals surface area (Å²) in [5, 5.41) is 11.7. The third-order valence-electron chi connectivity index (χ3n) is 2.60. The normalized spacial score (nSPS) is 11.8. The van der Waals surface area contributed by atoms with Gasteiger partial charge in [-0.1, -0.05) is 6.07 Å². The number of halogens is 1. The number of aryl methyl sites for hydroxylation is 1. The molecule has 2 aromatic rings. The second-order valence-electron chi connectivity index (χ2n) is 4.09. The van der Waals surface area contributed by atoms with E-state index in [2.05, 4.69) is 9.71 Å². The minimum absolute atomic E-state index is 0.0219. The first-order chi connectivity index (χ1) is 9.42. The maximum atomic E-state index is 13.2. The third-order valence-corrected chi connectivity index (χ3v) is 4.90. The van der Waals surface area contributed by atoms with E-state index >= 15 is 0 Å². The van der Waals surface area contributed by atoms with Crippen LogP contribution in [0.1, 0.15) is 16.3 Å². The van der Waals surface area contributed by atoms with Gasteiger partial charge in [0.1, 0.15) is 5.82 Å². The number of benzene rings is 1. The van der Waals surface area contributed by atoms with E-state index in [1.807, 2.05) is 6.92 Å². The predicted octanol–water partition coefficient (Wildman–Crippen LogP) is 1.56. The number of aliphatic hydroxyl groups excluding tert-OH is 1. The van der Waals surface area contributed by atoms with Crippen LogP contribution in [0.2, 0.25) is 0 Å². The smallest absolute Gasteiger partial charge is 0.241 e. The molecule has 1 aromatic heterocycles. The van der Waals surface area contributed by atoms with Crippen molar-refractivity contribution in [2.75, 3.05) is 0 Å². The van der Waals surface area contributed by atoms with Crippen LogP contribution in [-0.2, 0) is 23.2 Å². The van der Waals surface area contributed by atoms with Crippen molar-refractivity contribution in [1.29, 1.82) is 0 Å². The Morgan fingerprint density at radius 2 is 2.20 bits per heavy atom. The lowest BCUT2D eigenvalue weighted by molar-refractivity contribution is 0.278. The van der Waals surface area contributed by atoms with E-state index in [9.17, 15) is 12.8 Å². The lowest BCUT2D eigenvalue weighted by Gasteiger charge is -2.09. The van der Waals surface area contributed by atoms with Crippen molar-refractivity contribution >= 4 is 21.4 Å². The molecule has 0 saturated carbocycles. The monoisotopic (exact) mass is 316 g/mol. The minimum atomic E-state index is -3.90. The van der Waals surface area contributed by atoms with Gasteiger partial charge >= 0.3 is 0 Å². The Morgan fingerprint density at radius 1 is 1.45 bits per heavy atom. The van der Waals surface area contributed by atoms with Crippen molar-refractivity contribution in [2.45, 2.75) is 25.0 Å². The van der Waals surface area contributed by atoms with Crippen molar-refractivity contribution in [3.8, 4) is 0 Å². The van der Waals surface area contributed by atoms with Crippen molar-refractivity contribution in [2.24, 2.45) is 0 Å². The Labute approximate surface area is 120 Å². The van der Waals surface area contributed by atoms with Crippen LogP contribution < -0.4 is 4.72 Å². The zero-order chi connectivity index (χ0) is 14.8. The summed E-state index contributed by atoms with van der Waals surface area (Å²) < 4.78 is 39.8. The molecule has 1 aromatic carbocycles. The molecule has 5 nitrogen and oxygen atoms in total. The van der Waals surface area contributed by atoms with Crippen LogP contribution in [-0.4, -0.2) is 18.5 Å². The average molecular weight is 316 g/mol. The molecule has 2 N–H and O–H groups in total. The molecule has 1 heterocycles. The number of nitrogens with zero attached hydrogens (tertiary/aromatic N) is 1. The van der Waals surface area contributed by atoms with Crippen LogP contribution in [0.3, 0.4) is 0 Å². The van der Waals surface area contributed by atoms with Gasteiger partial charge < -0.3 is 5.11 Å². The van der Waals surface area contributed by atoms with Gasteiger partial charge in [-0.2, -0.15) is 0 Å². The zero-order valence-electron chi connectivity index (χ0n) is 10.6. The standard InChI is InChI=1S/C12H13FN2O3S2/c1-8-15-11(7-19-8)5-14-20(17,18)12-4-10(13)3-2-9(12)6-16/h2-4,7,14,16H,5-6H2,1H3. The maximum Gasteiger partial charge on any atom is 0.241 e. The summed E-state index contributed by atoms with van der Waals surface area (Å²) in [6, 6.07) is 3.24. The SMILES string of the molecule is Cc1nc(CNS(=O)(=O)c2cc(F)ccc2CO)cs1. The molecule has 108 valence electrons. The van der Waals surface area contributed by atoms with Crippen molar-refractivity contribution in [1.82, 2.24) is 9.71 Å². The molecule has 2 rings (SSSR count). The summed E-state index contributed by atoms with van der Waals surface area (Å²) in [6.45, 7) is 1.36. The Morgan fingerprint density at radius 3 is 2.80 bits per heavy atom. The quantitative estimate of drug-likeness (QED) is 0.877. The Bertz CT molecular complexity index is 713. The Balaban J connectivity index is 2.24. The Kier molecular flexibility index (Phi) is 4.48.